The Hall–Kier alpha value is -1.55. The van der Waals surface area contributed by atoms with Crippen molar-refractivity contribution in [3.63, 3.8) is 0 Å². The lowest BCUT2D eigenvalue weighted by atomic mass is 10.1. The van der Waals surface area contributed by atoms with E-state index in [-0.39, 0.29) is 24.1 Å². The molecule has 0 bridgehead atoms. The van der Waals surface area contributed by atoms with Crippen LogP contribution in [0.4, 0.5) is 0 Å². The molecule has 1 aromatic carbocycles. The van der Waals surface area contributed by atoms with E-state index < -0.39 is 0 Å². The van der Waals surface area contributed by atoms with Crippen LogP contribution in [0.15, 0.2) is 18.2 Å². The van der Waals surface area contributed by atoms with Crippen LogP contribution in [0.25, 0.3) is 0 Å². The maximum absolute atomic E-state index is 11.7. The first-order valence-electron chi connectivity index (χ1n) is 6.49. The summed E-state index contributed by atoms with van der Waals surface area (Å²) in [6.45, 7) is 9.71. The molecular weight excluding hydrogens is 240 g/mol. The van der Waals surface area contributed by atoms with E-state index in [1.54, 1.807) is 0 Å². The summed E-state index contributed by atoms with van der Waals surface area (Å²) in [6, 6.07) is 5.67. The van der Waals surface area contributed by atoms with Gasteiger partial charge in [-0.25, -0.2) is 0 Å². The van der Waals surface area contributed by atoms with Gasteiger partial charge in [-0.2, -0.15) is 0 Å². The first-order chi connectivity index (χ1) is 8.69. The second-order valence-corrected chi connectivity index (χ2v) is 5.92. The highest BCUT2D eigenvalue weighted by Crippen LogP contribution is 2.24. The maximum Gasteiger partial charge on any atom is 0.258 e. The molecule has 19 heavy (non-hydrogen) atoms. The topological polar surface area (TPSA) is 64.3 Å². The van der Waals surface area contributed by atoms with E-state index in [4.69, 9.17) is 10.5 Å². The van der Waals surface area contributed by atoms with E-state index in [1.165, 1.54) is 0 Å². The van der Waals surface area contributed by atoms with Crippen molar-refractivity contribution in [1.29, 1.82) is 0 Å². The zero-order valence-electron chi connectivity index (χ0n) is 12.4. The van der Waals surface area contributed by atoms with Crippen molar-refractivity contribution in [2.45, 2.75) is 46.2 Å². The summed E-state index contributed by atoms with van der Waals surface area (Å²) in [5, 5.41) is 2.85. The Labute approximate surface area is 115 Å². The number of ether oxygens (including phenoxy) is 1. The highest BCUT2D eigenvalue weighted by molar-refractivity contribution is 5.78. The Bertz CT molecular complexity index is 448. The van der Waals surface area contributed by atoms with Crippen molar-refractivity contribution < 1.29 is 9.53 Å². The molecule has 0 aliphatic rings. The average molecular weight is 264 g/mol. The molecule has 0 unspecified atom stereocenters. The third-order valence-electron chi connectivity index (χ3n) is 2.53. The number of aryl methyl sites for hydroxylation is 1. The molecule has 0 radical (unpaired) electrons. The van der Waals surface area contributed by atoms with Crippen LogP contribution in [0.3, 0.4) is 0 Å². The Kier molecular flexibility index (Phi) is 4.95. The van der Waals surface area contributed by atoms with Crippen molar-refractivity contribution >= 4 is 5.91 Å². The molecule has 0 aliphatic heterocycles. The van der Waals surface area contributed by atoms with Gasteiger partial charge in [-0.15, -0.1) is 0 Å². The van der Waals surface area contributed by atoms with Crippen LogP contribution in [0, 0.1) is 6.92 Å². The third kappa shape index (κ3) is 5.30. The molecule has 0 saturated heterocycles. The van der Waals surface area contributed by atoms with E-state index in [0.717, 1.165) is 11.1 Å². The summed E-state index contributed by atoms with van der Waals surface area (Å²) in [7, 11) is 0. The molecule has 0 spiro atoms. The fourth-order valence-corrected chi connectivity index (χ4v) is 1.75. The lowest BCUT2D eigenvalue weighted by Gasteiger charge is -2.21. The van der Waals surface area contributed by atoms with Crippen LogP contribution in [0.1, 0.15) is 44.9 Å². The zero-order valence-corrected chi connectivity index (χ0v) is 12.4. The number of nitrogens with two attached hydrogens (primary N) is 1. The number of rotatable bonds is 4. The molecule has 1 amide bonds. The van der Waals surface area contributed by atoms with Gasteiger partial charge in [0.25, 0.3) is 5.91 Å². The smallest absolute Gasteiger partial charge is 0.258 e. The molecular formula is C15H24N2O2. The SMILES string of the molecule is Cc1ccc(OCC(=O)NC(C)(C)C)c([C@@H](C)N)c1. The first kappa shape index (κ1) is 15.5. The summed E-state index contributed by atoms with van der Waals surface area (Å²) in [6.07, 6.45) is 0. The number of benzene rings is 1. The molecule has 3 N–H and O–H groups in total. The lowest BCUT2D eigenvalue weighted by molar-refractivity contribution is -0.124. The second kappa shape index (κ2) is 6.06. The fraction of sp³-hybridized carbons (Fsp3) is 0.533. The number of hydrogen-bond donors (Lipinski definition) is 2. The number of amides is 1. The monoisotopic (exact) mass is 264 g/mol. The molecule has 1 atom stereocenters. The van der Waals surface area contributed by atoms with Crippen LogP contribution in [-0.2, 0) is 4.79 Å². The zero-order chi connectivity index (χ0) is 14.6. The lowest BCUT2D eigenvalue weighted by Crippen LogP contribution is -2.43. The van der Waals surface area contributed by atoms with Crippen LogP contribution in [0.2, 0.25) is 0 Å². The van der Waals surface area contributed by atoms with Gasteiger partial charge >= 0.3 is 0 Å². The molecule has 1 rings (SSSR count). The van der Waals surface area contributed by atoms with E-state index in [2.05, 4.69) is 5.32 Å². The predicted molar refractivity (Wildman–Crippen MR) is 77.2 cm³/mol. The standard InChI is InChI=1S/C15H24N2O2/c1-10-6-7-13(12(8-10)11(2)16)19-9-14(18)17-15(3,4)5/h6-8,11H,9,16H2,1-5H3,(H,17,18)/t11-/m1/s1. The Morgan fingerprint density at radius 3 is 2.58 bits per heavy atom. The van der Waals surface area contributed by atoms with Gasteiger partial charge in [0.05, 0.1) is 0 Å². The number of carbonyl (C=O) groups is 1. The Morgan fingerprint density at radius 1 is 1.42 bits per heavy atom. The molecule has 1 aromatic rings. The third-order valence-corrected chi connectivity index (χ3v) is 2.53. The van der Waals surface area contributed by atoms with E-state index in [9.17, 15) is 4.79 Å². The van der Waals surface area contributed by atoms with Gasteiger partial charge in [0.15, 0.2) is 6.61 Å². The first-order valence-corrected chi connectivity index (χ1v) is 6.49. The van der Waals surface area contributed by atoms with Crippen molar-refractivity contribution in [1.82, 2.24) is 5.32 Å². The quantitative estimate of drug-likeness (QED) is 0.877. The largest absolute Gasteiger partial charge is 0.483 e. The molecule has 0 fully saturated rings. The summed E-state index contributed by atoms with van der Waals surface area (Å²) < 4.78 is 5.57. The van der Waals surface area contributed by atoms with Gasteiger partial charge in [-0.3, -0.25) is 4.79 Å². The molecule has 0 heterocycles. The Morgan fingerprint density at radius 2 is 2.05 bits per heavy atom. The van der Waals surface area contributed by atoms with Crippen LogP contribution in [0.5, 0.6) is 5.75 Å². The van der Waals surface area contributed by atoms with E-state index in [1.807, 2.05) is 52.8 Å². The summed E-state index contributed by atoms with van der Waals surface area (Å²) in [4.78, 5) is 11.7. The number of carbonyl (C=O) groups excluding carboxylic acids is 1. The summed E-state index contributed by atoms with van der Waals surface area (Å²) in [5.41, 5.74) is 7.70. The number of nitrogens with one attached hydrogen (secondary N) is 1. The predicted octanol–water partition coefficient (Wildman–Crippen LogP) is 2.31. The van der Waals surface area contributed by atoms with Gasteiger partial charge < -0.3 is 15.8 Å². The minimum absolute atomic E-state index is 0.0000505. The average Bonchev–Trinajstić information content (AvgIpc) is 2.24. The normalized spacial score (nSPS) is 12.9. The Balaban J connectivity index is 2.70. The van der Waals surface area contributed by atoms with Crippen LogP contribution in [-0.4, -0.2) is 18.1 Å². The highest BCUT2D eigenvalue weighted by Gasteiger charge is 2.15. The van der Waals surface area contributed by atoms with Gasteiger partial charge in [0, 0.05) is 17.1 Å². The molecule has 106 valence electrons. The van der Waals surface area contributed by atoms with Gasteiger partial charge in [-0.05, 0) is 40.7 Å². The minimum Gasteiger partial charge on any atom is -0.483 e. The van der Waals surface area contributed by atoms with Crippen LogP contribution >= 0.6 is 0 Å². The van der Waals surface area contributed by atoms with Crippen LogP contribution < -0.4 is 15.8 Å². The van der Waals surface area contributed by atoms with E-state index in [0.29, 0.717) is 5.75 Å². The molecule has 4 heteroatoms. The van der Waals surface area contributed by atoms with Crippen molar-refractivity contribution in [2.75, 3.05) is 6.61 Å². The molecule has 0 aromatic heterocycles. The van der Waals surface area contributed by atoms with Gasteiger partial charge in [0.1, 0.15) is 5.75 Å². The molecule has 0 aliphatic carbocycles. The molecule has 4 nitrogen and oxygen atoms in total. The van der Waals surface area contributed by atoms with Gasteiger partial charge in [0.2, 0.25) is 0 Å². The summed E-state index contributed by atoms with van der Waals surface area (Å²) >= 11 is 0. The van der Waals surface area contributed by atoms with Gasteiger partial charge in [-0.1, -0.05) is 17.7 Å². The van der Waals surface area contributed by atoms with Crippen molar-refractivity contribution in [3.05, 3.63) is 29.3 Å². The maximum atomic E-state index is 11.7. The second-order valence-electron chi connectivity index (χ2n) is 5.92. The highest BCUT2D eigenvalue weighted by atomic mass is 16.5. The molecule has 0 saturated carbocycles. The van der Waals surface area contributed by atoms with Crippen molar-refractivity contribution in [2.24, 2.45) is 5.73 Å². The number of hydrogen-bond acceptors (Lipinski definition) is 3. The minimum atomic E-state index is -0.252. The van der Waals surface area contributed by atoms with Crippen molar-refractivity contribution in [3.8, 4) is 5.75 Å². The summed E-state index contributed by atoms with van der Waals surface area (Å²) in [5.74, 6) is 0.536. The van der Waals surface area contributed by atoms with E-state index >= 15 is 0 Å². The fourth-order valence-electron chi connectivity index (χ4n) is 1.75.